The maximum atomic E-state index is 14.5. The first kappa shape index (κ1) is 48.9. The number of nitrogens with one attached hydrogen (secondary N) is 2. The molecule has 21 heteroatoms. The summed E-state index contributed by atoms with van der Waals surface area (Å²) in [6, 6.07) is 2.68. The van der Waals surface area contributed by atoms with Crippen molar-refractivity contribution in [1.29, 1.82) is 0 Å². The van der Waals surface area contributed by atoms with E-state index in [9.17, 15) is 60.1 Å². The highest BCUT2D eigenvalue weighted by Crippen LogP contribution is 2.55. The van der Waals surface area contributed by atoms with E-state index in [0.717, 1.165) is 24.6 Å². The smallest absolute Gasteiger partial charge is 0.312 e. The first-order valence-corrected chi connectivity index (χ1v) is 20.3. The number of hydrogen-bond acceptors (Lipinski definition) is 18. The van der Waals surface area contributed by atoms with Crippen LogP contribution in [0.15, 0.2) is 59.4 Å². The van der Waals surface area contributed by atoms with Gasteiger partial charge in [0.25, 0.3) is 17.4 Å². The number of fused-ring (bicyclic) bond motifs is 14. The molecule has 0 unspecified atom stereocenters. The van der Waals surface area contributed by atoms with Crippen molar-refractivity contribution in [3.05, 3.63) is 91.3 Å². The number of phenolic OH excluding ortho intramolecular Hbond substituents is 3. The third-order valence-corrected chi connectivity index (χ3v) is 11.8. The molecule has 0 saturated carbocycles. The summed E-state index contributed by atoms with van der Waals surface area (Å²) < 4.78 is 23.4. The molecule has 9 atom stereocenters. The summed E-state index contributed by atoms with van der Waals surface area (Å²) in [7, 11) is 1.38. The number of phenols is 3. The van der Waals surface area contributed by atoms with Gasteiger partial charge in [0.2, 0.25) is 0 Å². The molecular weight excluding hydrogens is 855 g/mol. The van der Waals surface area contributed by atoms with Crippen LogP contribution in [0.25, 0.3) is 10.8 Å². The molecule has 0 radical (unpaired) electrons. The number of amides is 1. The van der Waals surface area contributed by atoms with Gasteiger partial charge in [0.05, 0.1) is 68.9 Å². The molecular formula is C44H51N5O16. The van der Waals surface area contributed by atoms with E-state index in [1.807, 2.05) is 0 Å². The Balaban J connectivity index is 1.73. The Morgan fingerprint density at radius 1 is 0.954 bits per heavy atom. The number of hydrazone groups is 1. The number of carbonyl (C=O) groups excluding carboxylic acids is 3. The van der Waals surface area contributed by atoms with Crippen LogP contribution in [0.4, 0.5) is 22.7 Å². The number of nitrogens with zero attached hydrogens (tertiary/aromatic N) is 3. The van der Waals surface area contributed by atoms with Crippen LogP contribution in [0.1, 0.15) is 70.0 Å². The van der Waals surface area contributed by atoms with Gasteiger partial charge in [-0.25, -0.2) is 0 Å². The van der Waals surface area contributed by atoms with Crippen LogP contribution in [-0.4, -0.2) is 96.6 Å². The van der Waals surface area contributed by atoms with Crippen molar-refractivity contribution in [2.24, 2.45) is 28.8 Å². The van der Waals surface area contributed by atoms with Gasteiger partial charge in [-0.05, 0) is 26.0 Å². The standard InChI is InChI=1S/C44H51N5O16/c1-19-11-10-12-20(2)43(57)46-34-27(18-45-47-28-14-13-26(48(58)59)17-29(28)49(60)61)38(54)31-32(39(34)55)37(53)24(6)41-33(31)42(56)44(8,65-41)63-16-15-30(62-9)21(3)40(64-25(7)50)23(5)36(52)22(4)35(19)51/h10-19,21-23,30,35-36,40,47,51-55H,1-9H3,(H,46,57)/b11-10+,16-15+,20-12-,45-18+/t19-,21+,22+,23+,30-,35-,36+,40+,44-/m0/s1. The average molecular weight is 906 g/mol. The van der Waals surface area contributed by atoms with Gasteiger partial charge >= 0.3 is 17.4 Å². The largest absolute Gasteiger partial charge is 0.507 e. The summed E-state index contributed by atoms with van der Waals surface area (Å²) in [6.07, 6.45) is 3.63. The molecule has 65 heavy (non-hydrogen) atoms. The second kappa shape index (κ2) is 19.3. The van der Waals surface area contributed by atoms with Gasteiger partial charge in [0.15, 0.2) is 5.75 Å². The molecule has 0 aliphatic carbocycles. The SMILES string of the molecule is CO[C@H]1/C=C/O[C@@]2(C)Oc3c(C)c(O)c4c(O)c(c(/C=N/Nc5ccc([N+](=O)[O-])cc5[N+](=O)[O-])c(O)c4c3C2=O)NC(=O)/C(C)=C\C=C\[C@H](C)[C@H](O)[C@@H](C)[C@@H](O)[C@@H](C)[C@H](OC(C)=O)[C@@H]1C. The lowest BCUT2D eigenvalue weighted by atomic mass is 9.78. The highest BCUT2D eigenvalue weighted by molar-refractivity contribution is 6.24. The maximum Gasteiger partial charge on any atom is 0.312 e. The van der Waals surface area contributed by atoms with E-state index in [0.29, 0.717) is 6.07 Å². The van der Waals surface area contributed by atoms with Gasteiger partial charge < -0.3 is 49.8 Å². The predicted octanol–water partition coefficient (Wildman–Crippen LogP) is 6.02. The molecule has 0 saturated heterocycles. The molecule has 1 amide bonds. The number of aliphatic hydroxyl groups is 2. The Kier molecular flexibility index (Phi) is 14.6. The number of methoxy groups -OCH3 is 1. The van der Waals surface area contributed by atoms with E-state index in [1.54, 1.807) is 33.8 Å². The van der Waals surface area contributed by atoms with Crippen LogP contribution in [0.2, 0.25) is 0 Å². The molecule has 3 heterocycles. The zero-order chi connectivity index (χ0) is 48.4. The number of ether oxygens (including phenoxy) is 4. The fraction of sp³-hybridized carbons (Fsp3) is 0.409. The normalized spacial score (nSPS) is 28.2. The van der Waals surface area contributed by atoms with Gasteiger partial charge in [0, 0.05) is 67.2 Å². The van der Waals surface area contributed by atoms with Crippen LogP contribution in [0.5, 0.6) is 23.0 Å². The number of aromatic hydroxyl groups is 3. The number of Topliss-reactive ketones (excluding diaryl/α,β-unsaturated/α-hetero) is 1. The zero-order valence-corrected chi connectivity index (χ0v) is 36.9. The fourth-order valence-corrected chi connectivity index (χ4v) is 7.92. The molecule has 3 aromatic carbocycles. The van der Waals surface area contributed by atoms with Crippen molar-refractivity contribution in [3.8, 4) is 23.0 Å². The van der Waals surface area contributed by atoms with Crippen molar-refractivity contribution in [1.82, 2.24) is 0 Å². The van der Waals surface area contributed by atoms with Crippen LogP contribution < -0.4 is 15.5 Å². The summed E-state index contributed by atoms with van der Waals surface area (Å²) >= 11 is 0. The number of rotatable bonds is 7. The summed E-state index contributed by atoms with van der Waals surface area (Å²) in [4.78, 5) is 61.9. The number of esters is 1. The van der Waals surface area contributed by atoms with Crippen molar-refractivity contribution < 1.29 is 68.7 Å². The number of nitro groups is 2. The van der Waals surface area contributed by atoms with Crippen molar-refractivity contribution >= 4 is 57.4 Å². The number of aliphatic hydroxyl groups excluding tert-OH is 2. The molecule has 5 bridgehead atoms. The Morgan fingerprint density at radius 3 is 2.25 bits per heavy atom. The van der Waals surface area contributed by atoms with Crippen LogP contribution in [0, 0.1) is 50.8 Å². The number of carbonyl (C=O) groups is 3. The van der Waals surface area contributed by atoms with Crippen LogP contribution in [-0.2, 0) is 23.8 Å². The Labute approximate surface area is 371 Å². The zero-order valence-electron chi connectivity index (χ0n) is 36.9. The minimum absolute atomic E-state index is 0.0189. The highest BCUT2D eigenvalue weighted by Gasteiger charge is 2.50. The second-order valence-corrected chi connectivity index (χ2v) is 16.2. The molecule has 0 fully saturated rings. The number of allylic oxidation sites excluding steroid dienone is 2. The van der Waals surface area contributed by atoms with Crippen molar-refractivity contribution in [3.63, 3.8) is 0 Å². The average Bonchev–Trinajstić information content (AvgIpc) is 3.52. The molecule has 3 aliphatic heterocycles. The van der Waals surface area contributed by atoms with E-state index in [1.165, 1.54) is 53.0 Å². The summed E-state index contributed by atoms with van der Waals surface area (Å²) in [5.41, 5.74) is -0.722. The van der Waals surface area contributed by atoms with Gasteiger partial charge in [-0.3, -0.25) is 40.0 Å². The van der Waals surface area contributed by atoms with E-state index >= 15 is 0 Å². The number of non-ortho nitro benzene ring substituents is 1. The lowest BCUT2D eigenvalue weighted by molar-refractivity contribution is -0.393. The molecule has 0 spiro atoms. The number of nitro benzene ring substituents is 2. The minimum Gasteiger partial charge on any atom is -0.507 e. The molecule has 3 aromatic rings. The van der Waals surface area contributed by atoms with Crippen molar-refractivity contribution in [2.45, 2.75) is 85.6 Å². The number of hydrogen-bond donors (Lipinski definition) is 7. The molecule has 6 rings (SSSR count). The Bertz CT molecular complexity index is 2550. The van der Waals surface area contributed by atoms with Gasteiger partial charge in [0.1, 0.15) is 29.0 Å². The molecule has 7 N–H and O–H groups in total. The van der Waals surface area contributed by atoms with E-state index < -0.39 is 132 Å². The Hall–Kier alpha value is -7.10. The summed E-state index contributed by atoms with van der Waals surface area (Å²) in [5.74, 6) is -9.97. The molecule has 0 aromatic heterocycles. The highest BCUT2D eigenvalue weighted by atomic mass is 16.7. The number of ketones is 1. The third-order valence-electron chi connectivity index (χ3n) is 11.8. The van der Waals surface area contributed by atoms with E-state index in [4.69, 9.17) is 18.9 Å². The molecule has 348 valence electrons. The van der Waals surface area contributed by atoms with Gasteiger partial charge in [-0.15, -0.1) is 0 Å². The molecule has 21 nitrogen and oxygen atoms in total. The predicted molar refractivity (Wildman–Crippen MR) is 235 cm³/mol. The second-order valence-electron chi connectivity index (χ2n) is 16.2. The van der Waals surface area contributed by atoms with Crippen molar-refractivity contribution in [2.75, 3.05) is 17.9 Å². The van der Waals surface area contributed by atoms with Crippen LogP contribution >= 0.6 is 0 Å². The third kappa shape index (κ3) is 9.57. The quantitative estimate of drug-likeness (QED) is 0.0356. The first-order chi connectivity index (χ1) is 30.5. The van der Waals surface area contributed by atoms with E-state index in [2.05, 4.69) is 15.8 Å². The lowest BCUT2D eigenvalue weighted by Crippen LogP contribution is -2.46. The number of benzene rings is 3. The monoisotopic (exact) mass is 905 g/mol. The molecule has 3 aliphatic rings. The summed E-state index contributed by atoms with van der Waals surface area (Å²) in [5, 5.41) is 87.0. The fourth-order valence-electron chi connectivity index (χ4n) is 7.92. The summed E-state index contributed by atoms with van der Waals surface area (Å²) in [6.45, 7) is 11.9. The number of anilines is 2. The van der Waals surface area contributed by atoms with Gasteiger partial charge in [-0.1, -0.05) is 45.9 Å². The van der Waals surface area contributed by atoms with E-state index in [-0.39, 0.29) is 28.1 Å². The van der Waals surface area contributed by atoms with Crippen LogP contribution in [0.3, 0.4) is 0 Å². The lowest BCUT2D eigenvalue weighted by Gasteiger charge is -2.38. The maximum absolute atomic E-state index is 14.5. The Morgan fingerprint density at radius 2 is 1.63 bits per heavy atom. The minimum atomic E-state index is -2.18. The first-order valence-electron chi connectivity index (χ1n) is 20.3. The topological polar surface area (TPSA) is 312 Å². The van der Waals surface area contributed by atoms with Gasteiger partial charge in [-0.2, -0.15) is 5.10 Å².